The topological polar surface area (TPSA) is 219 Å². The van der Waals surface area contributed by atoms with Gasteiger partial charge in [-0.2, -0.15) is 13.2 Å². The van der Waals surface area contributed by atoms with Gasteiger partial charge in [-0.25, -0.2) is 0 Å². The fourth-order valence-electron chi connectivity index (χ4n) is 8.30. The van der Waals surface area contributed by atoms with E-state index >= 15 is 0 Å². The van der Waals surface area contributed by atoms with E-state index in [1.54, 1.807) is 36.4 Å². The average Bonchev–Trinajstić information content (AvgIpc) is 3.53. The molecule has 0 saturated carbocycles. The van der Waals surface area contributed by atoms with Gasteiger partial charge in [0.25, 0.3) is 17.7 Å². The van der Waals surface area contributed by atoms with E-state index in [2.05, 4.69) is 36.1 Å². The third-order valence-corrected chi connectivity index (χ3v) is 11.8. The Bertz CT molecular complexity index is 2540. The van der Waals surface area contributed by atoms with Gasteiger partial charge in [-0.3, -0.25) is 53.6 Å². The zero-order valence-corrected chi connectivity index (χ0v) is 35.5. The van der Waals surface area contributed by atoms with Crippen LogP contribution in [0.4, 0.5) is 30.2 Å². The van der Waals surface area contributed by atoms with E-state index in [0.29, 0.717) is 43.4 Å². The number of H-pyrrole nitrogens is 1. The van der Waals surface area contributed by atoms with Crippen LogP contribution in [-0.4, -0.2) is 107 Å². The molecule has 19 heteroatoms. The number of imide groups is 2. The van der Waals surface area contributed by atoms with E-state index in [1.165, 1.54) is 0 Å². The van der Waals surface area contributed by atoms with Crippen molar-refractivity contribution in [2.45, 2.75) is 63.7 Å². The zero-order valence-electron chi connectivity index (χ0n) is 35.5. The molecule has 1 aromatic heterocycles. The van der Waals surface area contributed by atoms with Crippen LogP contribution in [0.1, 0.15) is 87.1 Å². The summed E-state index contributed by atoms with van der Waals surface area (Å²) in [6, 6.07) is 17.1. The number of alkyl halides is 3. The summed E-state index contributed by atoms with van der Waals surface area (Å²) in [5.41, 5.74) is 6.86. The number of carbonyl (C=O) groups excluding carboxylic acids is 6. The van der Waals surface area contributed by atoms with Crippen molar-refractivity contribution in [3.63, 3.8) is 0 Å². The van der Waals surface area contributed by atoms with Gasteiger partial charge in [0.1, 0.15) is 6.04 Å². The maximum absolute atomic E-state index is 13.6. The number of hydrogen-bond donors (Lipinski definition) is 6. The Morgan fingerprint density at radius 3 is 2.31 bits per heavy atom. The highest BCUT2D eigenvalue weighted by molar-refractivity contribution is 6.25. The Morgan fingerprint density at radius 2 is 1.54 bits per heavy atom. The second-order valence-electron chi connectivity index (χ2n) is 16.3. The molecule has 4 heterocycles. The number of piperazine rings is 1. The van der Waals surface area contributed by atoms with Crippen LogP contribution in [0, 0.1) is 0 Å². The second-order valence-corrected chi connectivity index (χ2v) is 16.3. The first-order valence-electron chi connectivity index (χ1n) is 21.6. The number of aromatic amines is 1. The molecule has 0 bridgehead atoms. The van der Waals surface area contributed by atoms with Crippen LogP contribution in [0.3, 0.4) is 0 Å². The number of rotatable bonds is 17. The smallest absolute Gasteiger partial charge is 0.397 e. The Morgan fingerprint density at radius 1 is 0.800 bits per heavy atom. The fraction of sp³-hybridized carbons (Fsp3) is 0.370. The van der Waals surface area contributed by atoms with Gasteiger partial charge in [-0.15, -0.1) is 0 Å². The average molecular weight is 898 g/mol. The van der Waals surface area contributed by atoms with Crippen molar-refractivity contribution in [3.05, 3.63) is 111 Å². The second kappa shape index (κ2) is 20.3. The lowest BCUT2D eigenvalue weighted by molar-refractivity contribution is -0.138. The highest BCUT2D eigenvalue weighted by atomic mass is 19.4. The molecule has 3 aliphatic rings. The lowest BCUT2D eigenvalue weighted by atomic mass is 10.0. The standard InChI is InChI=1S/C46H50F3N9O7/c47-46(48,49)33-25-40(61)53-26-32(33)42(62)54-36-24-30(12-13-34(36)50)29-8-5-7-28(23-29)27-57-21-19-56(20-22-57)18-17-52-38(59)11-3-1-2-4-16-51-35-10-6-9-31-41(35)45(65)58(44(31)64)37-14-15-39(60)55-43(37)63/h5-10,12-13,23-26,37,51H,1-4,11,14-22,27,50H2,(H,52,59)(H,53,61)(H,54,62)(H,55,60,63). The van der Waals surface area contributed by atoms with Crippen molar-refractivity contribution in [1.82, 2.24) is 30.3 Å². The molecule has 6 amide bonds. The number of unbranched alkanes of at least 4 members (excludes halogenated alkanes) is 3. The first kappa shape index (κ1) is 46.1. The van der Waals surface area contributed by atoms with E-state index in [1.807, 2.05) is 24.3 Å². The Labute approximate surface area is 372 Å². The maximum atomic E-state index is 13.6. The lowest BCUT2D eigenvalue weighted by Crippen LogP contribution is -2.54. The van der Waals surface area contributed by atoms with E-state index in [-0.39, 0.29) is 41.3 Å². The number of piperidine rings is 1. The highest BCUT2D eigenvalue weighted by Gasteiger charge is 2.45. The molecule has 0 aliphatic carbocycles. The molecule has 4 aromatic rings. The number of nitrogen functional groups attached to an aromatic ring is 1. The number of nitrogens with zero attached hydrogens (tertiary/aromatic N) is 3. The quantitative estimate of drug-likeness (QED) is 0.0489. The van der Waals surface area contributed by atoms with Crippen molar-refractivity contribution >= 4 is 52.5 Å². The predicted molar refractivity (Wildman–Crippen MR) is 236 cm³/mol. The van der Waals surface area contributed by atoms with Crippen LogP contribution >= 0.6 is 0 Å². The van der Waals surface area contributed by atoms with Gasteiger partial charge < -0.3 is 26.7 Å². The van der Waals surface area contributed by atoms with E-state index < -0.39 is 58.4 Å². The minimum atomic E-state index is -4.91. The summed E-state index contributed by atoms with van der Waals surface area (Å²) in [6.45, 7) is 5.87. The molecule has 7 rings (SSSR count). The van der Waals surface area contributed by atoms with Gasteiger partial charge in [0.05, 0.1) is 33.6 Å². The number of anilines is 3. The van der Waals surface area contributed by atoms with E-state index in [4.69, 9.17) is 5.73 Å². The molecular formula is C46H50F3N9O7. The molecule has 2 fully saturated rings. The summed E-state index contributed by atoms with van der Waals surface area (Å²) in [7, 11) is 0. The Balaban J connectivity index is 0.780. The van der Waals surface area contributed by atoms with Crippen LogP contribution in [-0.2, 0) is 27.1 Å². The third-order valence-electron chi connectivity index (χ3n) is 11.8. The van der Waals surface area contributed by atoms with Crippen molar-refractivity contribution in [2.75, 3.05) is 62.2 Å². The third kappa shape index (κ3) is 11.3. The molecule has 0 spiro atoms. The van der Waals surface area contributed by atoms with Crippen molar-refractivity contribution < 1.29 is 41.9 Å². The minimum Gasteiger partial charge on any atom is -0.397 e. The number of nitrogens with one attached hydrogen (secondary N) is 5. The maximum Gasteiger partial charge on any atom is 0.417 e. The summed E-state index contributed by atoms with van der Waals surface area (Å²) in [4.78, 5) is 95.1. The molecular weight excluding hydrogens is 848 g/mol. The highest BCUT2D eigenvalue weighted by Crippen LogP contribution is 2.34. The van der Waals surface area contributed by atoms with Gasteiger partial charge in [-0.05, 0) is 66.3 Å². The number of halogens is 3. The molecule has 65 heavy (non-hydrogen) atoms. The van der Waals surface area contributed by atoms with Gasteiger partial charge in [-0.1, -0.05) is 43.2 Å². The van der Waals surface area contributed by atoms with E-state index in [0.717, 1.165) is 80.6 Å². The molecule has 1 atom stereocenters. The normalized spacial score (nSPS) is 16.9. The van der Waals surface area contributed by atoms with Gasteiger partial charge in [0.2, 0.25) is 23.3 Å². The number of hydrogen-bond acceptors (Lipinski definition) is 11. The molecule has 1 unspecified atom stereocenters. The summed E-state index contributed by atoms with van der Waals surface area (Å²) in [6.07, 6.45) is -0.380. The molecule has 0 radical (unpaired) electrons. The zero-order chi connectivity index (χ0) is 46.3. The van der Waals surface area contributed by atoms with E-state index in [9.17, 15) is 46.7 Å². The number of pyridine rings is 1. The molecule has 16 nitrogen and oxygen atoms in total. The molecule has 342 valence electrons. The van der Waals surface area contributed by atoms with Gasteiger partial charge in [0, 0.05) is 83.2 Å². The number of amides is 6. The van der Waals surface area contributed by atoms with Crippen LogP contribution in [0.2, 0.25) is 0 Å². The summed E-state index contributed by atoms with van der Waals surface area (Å²) < 4.78 is 40.7. The lowest BCUT2D eigenvalue weighted by Gasteiger charge is -2.34. The van der Waals surface area contributed by atoms with Crippen LogP contribution in [0.25, 0.3) is 11.1 Å². The fourth-order valence-corrected chi connectivity index (χ4v) is 8.30. The minimum absolute atomic E-state index is 0.00481. The number of fused-ring (bicyclic) bond motifs is 1. The largest absolute Gasteiger partial charge is 0.417 e. The number of carbonyl (C=O) groups is 6. The molecule has 7 N–H and O–H groups in total. The Kier molecular flexibility index (Phi) is 14.4. The SMILES string of the molecule is Nc1ccc(-c2cccc(CN3CCN(CCNC(=O)CCCCCCNc4cccc5c4C(=O)N(C4CCC(=O)NC4=O)C5=O)CC3)c2)cc1NC(=O)c1c[nH]c(=O)cc1C(F)(F)F. The number of nitrogens with two attached hydrogens (primary N) is 1. The van der Waals surface area contributed by atoms with Gasteiger partial charge in [0.15, 0.2) is 0 Å². The van der Waals surface area contributed by atoms with Crippen molar-refractivity contribution in [1.29, 1.82) is 0 Å². The Hall–Kier alpha value is -6.86. The van der Waals surface area contributed by atoms with Crippen LogP contribution in [0.5, 0.6) is 0 Å². The number of benzene rings is 3. The van der Waals surface area contributed by atoms with Crippen molar-refractivity contribution in [3.8, 4) is 11.1 Å². The number of aromatic nitrogens is 1. The van der Waals surface area contributed by atoms with Crippen LogP contribution < -0.4 is 32.6 Å². The van der Waals surface area contributed by atoms with Crippen molar-refractivity contribution in [2.24, 2.45) is 0 Å². The molecule has 3 aliphatic heterocycles. The molecule has 3 aromatic carbocycles. The van der Waals surface area contributed by atoms with Crippen LogP contribution in [0.15, 0.2) is 77.7 Å². The molecule has 2 saturated heterocycles. The summed E-state index contributed by atoms with van der Waals surface area (Å²) in [5, 5.41) is 10.9. The predicted octanol–water partition coefficient (Wildman–Crippen LogP) is 4.59. The summed E-state index contributed by atoms with van der Waals surface area (Å²) in [5.74, 6) is -3.24. The monoisotopic (exact) mass is 897 g/mol. The first-order valence-corrected chi connectivity index (χ1v) is 21.6. The van der Waals surface area contributed by atoms with Gasteiger partial charge >= 0.3 is 6.18 Å². The summed E-state index contributed by atoms with van der Waals surface area (Å²) >= 11 is 0. The first-order chi connectivity index (χ1) is 31.2.